The van der Waals surface area contributed by atoms with Gasteiger partial charge in [0.15, 0.2) is 0 Å². The van der Waals surface area contributed by atoms with Gasteiger partial charge in [-0.15, -0.1) is 0 Å². The average Bonchev–Trinajstić information content (AvgIpc) is 2.51. The van der Waals surface area contributed by atoms with Gasteiger partial charge >= 0.3 is 0 Å². The van der Waals surface area contributed by atoms with Crippen molar-refractivity contribution in [2.75, 3.05) is 13.1 Å². The summed E-state index contributed by atoms with van der Waals surface area (Å²) in [7, 11) is 0. The fraction of sp³-hybridized carbons (Fsp3) is 0.571. The first-order valence-corrected chi connectivity index (χ1v) is 7.37. The number of nitrogens with two attached hydrogens (primary N) is 1. The second-order valence-corrected chi connectivity index (χ2v) is 5.81. The van der Waals surface area contributed by atoms with Crippen molar-refractivity contribution < 1.29 is 4.39 Å². The number of likely N-dealkylation sites (tertiary alicyclic amines) is 1. The summed E-state index contributed by atoms with van der Waals surface area (Å²) in [5, 5.41) is 0. The first-order valence-electron chi connectivity index (χ1n) is 6.58. The van der Waals surface area contributed by atoms with Crippen LogP contribution in [0.2, 0.25) is 0 Å². The van der Waals surface area contributed by atoms with E-state index in [0.29, 0.717) is 0 Å². The standard InChI is InChI=1S/C14H20BrFN2/c1-2-18-8-4-3-5-13(17)14(18)11-7-6-10(15)9-12(11)16/h6-7,9,13-14H,2-5,8,17H2,1H3. The first kappa shape index (κ1) is 14.0. The SMILES string of the molecule is CCN1CCCCC(N)C1c1ccc(Br)cc1F. The fourth-order valence-corrected chi connectivity index (χ4v) is 3.12. The van der Waals surface area contributed by atoms with Crippen LogP contribution in [-0.2, 0) is 0 Å². The lowest BCUT2D eigenvalue weighted by Gasteiger charge is -2.33. The molecule has 2 unspecified atom stereocenters. The van der Waals surface area contributed by atoms with Crippen molar-refractivity contribution in [3.63, 3.8) is 0 Å². The minimum absolute atomic E-state index is 0.00519. The molecule has 2 atom stereocenters. The molecule has 0 saturated carbocycles. The van der Waals surface area contributed by atoms with Crippen molar-refractivity contribution in [3.05, 3.63) is 34.1 Å². The van der Waals surface area contributed by atoms with Crippen molar-refractivity contribution in [2.45, 2.75) is 38.3 Å². The highest BCUT2D eigenvalue weighted by atomic mass is 79.9. The number of likely N-dealkylation sites (N-methyl/N-ethyl adjacent to an activating group) is 1. The van der Waals surface area contributed by atoms with Crippen molar-refractivity contribution in [3.8, 4) is 0 Å². The van der Waals surface area contributed by atoms with Crippen LogP contribution in [0, 0.1) is 5.82 Å². The van der Waals surface area contributed by atoms with E-state index in [4.69, 9.17) is 5.73 Å². The molecule has 0 spiro atoms. The van der Waals surface area contributed by atoms with Crippen LogP contribution < -0.4 is 5.73 Å². The van der Waals surface area contributed by atoms with Crippen molar-refractivity contribution in [1.29, 1.82) is 0 Å². The molecule has 0 bridgehead atoms. The van der Waals surface area contributed by atoms with Crippen LogP contribution in [0.4, 0.5) is 4.39 Å². The summed E-state index contributed by atoms with van der Waals surface area (Å²) < 4.78 is 14.9. The Labute approximate surface area is 116 Å². The molecule has 0 aliphatic carbocycles. The van der Waals surface area contributed by atoms with E-state index < -0.39 is 0 Å². The molecule has 4 heteroatoms. The van der Waals surface area contributed by atoms with E-state index in [1.807, 2.05) is 12.1 Å². The highest BCUT2D eigenvalue weighted by Crippen LogP contribution is 2.31. The number of hydrogen-bond acceptors (Lipinski definition) is 2. The maximum Gasteiger partial charge on any atom is 0.129 e. The van der Waals surface area contributed by atoms with Gasteiger partial charge in [0.2, 0.25) is 0 Å². The van der Waals surface area contributed by atoms with Crippen LogP contribution >= 0.6 is 15.9 Å². The van der Waals surface area contributed by atoms with E-state index in [1.54, 1.807) is 0 Å². The summed E-state index contributed by atoms with van der Waals surface area (Å²) in [6, 6.07) is 5.30. The lowest BCUT2D eigenvalue weighted by molar-refractivity contribution is 0.191. The lowest BCUT2D eigenvalue weighted by Crippen LogP contribution is -2.40. The predicted octanol–water partition coefficient (Wildman–Crippen LogP) is 3.46. The molecule has 2 N–H and O–H groups in total. The van der Waals surface area contributed by atoms with Crippen LogP contribution in [0.1, 0.15) is 37.8 Å². The minimum atomic E-state index is -0.162. The smallest absolute Gasteiger partial charge is 0.129 e. The molecule has 1 aromatic carbocycles. The molecule has 2 nitrogen and oxygen atoms in total. The maximum atomic E-state index is 14.1. The van der Waals surface area contributed by atoms with Crippen molar-refractivity contribution in [1.82, 2.24) is 4.90 Å². The molecule has 1 saturated heterocycles. The van der Waals surface area contributed by atoms with Crippen LogP contribution in [0.25, 0.3) is 0 Å². The molecule has 1 heterocycles. The third kappa shape index (κ3) is 2.92. The monoisotopic (exact) mass is 314 g/mol. The van der Waals surface area contributed by atoms with E-state index in [1.165, 1.54) is 6.07 Å². The Kier molecular flexibility index (Phi) is 4.76. The number of halogens is 2. The predicted molar refractivity (Wildman–Crippen MR) is 75.9 cm³/mol. The van der Waals surface area contributed by atoms with Gasteiger partial charge in [0.1, 0.15) is 5.82 Å². The van der Waals surface area contributed by atoms with E-state index in [-0.39, 0.29) is 17.9 Å². The minimum Gasteiger partial charge on any atom is -0.326 e. The Hall–Kier alpha value is -0.450. The van der Waals surface area contributed by atoms with Gasteiger partial charge < -0.3 is 5.73 Å². The molecular formula is C14H20BrFN2. The van der Waals surface area contributed by atoms with Gasteiger partial charge in [-0.05, 0) is 38.1 Å². The quantitative estimate of drug-likeness (QED) is 0.905. The van der Waals surface area contributed by atoms with Crippen LogP contribution in [0.3, 0.4) is 0 Å². The van der Waals surface area contributed by atoms with Gasteiger partial charge in [0.05, 0.1) is 6.04 Å². The van der Waals surface area contributed by atoms with E-state index in [2.05, 4.69) is 27.8 Å². The summed E-state index contributed by atoms with van der Waals surface area (Å²) in [6.45, 7) is 4.03. The summed E-state index contributed by atoms with van der Waals surface area (Å²) in [4.78, 5) is 2.30. The highest BCUT2D eigenvalue weighted by molar-refractivity contribution is 9.10. The van der Waals surface area contributed by atoms with E-state index in [0.717, 1.165) is 42.4 Å². The molecule has 100 valence electrons. The number of nitrogens with zero attached hydrogens (tertiary/aromatic N) is 1. The van der Waals surface area contributed by atoms with Crippen molar-refractivity contribution in [2.24, 2.45) is 5.73 Å². The molecule has 0 radical (unpaired) electrons. The summed E-state index contributed by atoms with van der Waals surface area (Å²) in [5.74, 6) is -0.162. The molecule has 1 aromatic rings. The van der Waals surface area contributed by atoms with E-state index >= 15 is 0 Å². The topological polar surface area (TPSA) is 29.3 Å². The van der Waals surface area contributed by atoms with Crippen LogP contribution in [0.5, 0.6) is 0 Å². The third-order valence-corrected chi connectivity index (χ3v) is 4.21. The largest absolute Gasteiger partial charge is 0.326 e. The summed E-state index contributed by atoms with van der Waals surface area (Å²) >= 11 is 3.30. The van der Waals surface area contributed by atoms with E-state index in [9.17, 15) is 4.39 Å². The van der Waals surface area contributed by atoms with Crippen LogP contribution in [0.15, 0.2) is 22.7 Å². The Morgan fingerprint density at radius 3 is 2.89 bits per heavy atom. The zero-order valence-corrected chi connectivity index (χ0v) is 12.3. The normalized spacial score (nSPS) is 26.0. The first-order chi connectivity index (χ1) is 8.63. The highest BCUT2D eigenvalue weighted by Gasteiger charge is 2.29. The average molecular weight is 315 g/mol. The van der Waals surface area contributed by atoms with Gasteiger partial charge in [-0.2, -0.15) is 0 Å². The number of hydrogen-bond donors (Lipinski definition) is 1. The molecule has 1 aliphatic rings. The van der Waals surface area contributed by atoms with Gasteiger partial charge in [-0.1, -0.05) is 35.3 Å². The lowest BCUT2D eigenvalue weighted by atomic mass is 9.96. The van der Waals surface area contributed by atoms with Crippen LogP contribution in [-0.4, -0.2) is 24.0 Å². The second-order valence-electron chi connectivity index (χ2n) is 4.90. The zero-order chi connectivity index (χ0) is 13.1. The molecular weight excluding hydrogens is 295 g/mol. The molecule has 0 amide bonds. The fourth-order valence-electron chi connectivity index (χ4n) is 2.79. The molecule has 1 aliphatic heterocycles. The summed E-state index contributed by atoms with van der Waals surface area (Å²) in [5.41, 5.74) is 6.99. The number of rotatable bonds is 2. The second kappa shape index (κ2) is 6.13. The number of benzene rings is 1. The Morgan fingerprint density at radius 2 is 2.22 bits per heavy atom. The van der Waals surface area contributed by atoms with Gasteiger partial charge in [0.25, 0.3) is 0 Å². The summed E-state index contributed by atoms with van der Waals surface area (Å²) in [6.07, 6.45) is 3.25. The van der Waals surface area contributed by atoms with Crippen molar-refractivity contribution >= 4 is 15.9 Å². The Bertz CT molecular complexity index is 411. The zero-order valence-electron chi connectivity index (χ0n) is 10.7. The molecule has 1 fully saturated rings. The van der Waals surface area contributed by atoms with Gasteiger partial charge in [-0.25, -0.2) is 4.39 Å². The molecule has 0 aromatic heterocycles. The Morgan fingerprint density at radius 1 is 1.44 bits per heavy atom. The third-order valence-electron chi connectivity index (χ3n) is 3.72. The molecule has 2 rings (SSSR count). The maximum absolute atomic E-state index is 14.1. The van der Waals surface area contributed by atoms with Gasteiger partial charge in [-0.3, -0.25) is 4.90 Å². The molecule has 18 heavy (non-hydrogen) atoms. The Balaban J connectivity index is 2.36. The van der Waals surface area contributed by atoms with Gasteiger partial charge in [0, 0.05) is 16.1 Å².